The number of carbonyl (C=O) groups excluding carboxylic acids is 2. The van der Waals surface area contributed by atoms with Gasteiger partial charge in [0.15, 0.2) is 5.13 Å². The second kappa shape index (κ2) is 11.2. The smallest absolute Gasteiger partial charge is 0.301 e. The average Bonchev–Trinajstić information content (AvgIpc) is 3.49. The van der Waals surface area contributed by atoms with Gasteiger partial charge in [-0.1, -0.05) is 44.0 Å². The third kappa shape index (κ3) is 5.22. The molecule has 35 heavy (non-hydrogen) atoms. The summed E-state index contributed by atoms with van der Waals surface area (Å²) in [5.41, 5.74) is 1.08. The number of unbranched alkanes of at least 4 members (excludes halogenated alkanes) is 2. The Morgan fingerprint density at radius 3 is 2.54 bits per heavy atom. The number of anilines is 1. The normalized spacial score (nSPS) is 17.1. The van der Waals surface area contributed by atoms with Gasteiger partial charge in [-0.05, 0) is 43.2 Å². The minimum Gasteiger partial charge on any atom is -0.507 e. The molecule has 1 aliphatic rings. The van der Waals surface area contributed by atoms with Crippen LogP contribution < -0.4 is 14.4 Å². The monoisotopic (exact) mass is 492 g/mol. The van der Waals surface area contributed by atoms with Gasteiger partial charge < -0.3 is 14.6 Å². The Labute approximate surface area is 208 Å². The van der Waals surface area contributed by atoms with Gasteiger partial charge in [-0.2, -0.15) is 0 Å². The van der Waals surface area contributed by atoms with Crippen molar-refractivity contribution in [3.8, 4) is 11.5 Å². The summed E-state index contributed by atoms with van der Waals surface area (Å²) < 4.78 is 11.4. The highest BCUT2D eigenvalue weighted by Gasteiger charge is 2.48. The van der Waals surface area contributed by atoms with E-state index in [1.54, 1.807) is 35.8 Å². The predicted octanol–water partition coefficient (Wildman–Crippen LogP) is 5.74. The lowest BCUT2D eigenvalue weighted by molar-refractivity contribution is -0.132. The molecule has 1 aromatic heterocycles. The van der Waals surface area contributed by atoms with Crippen molar-refractivity contribution in [3.05, 3.63) is 76.8 Å². The Morgan fingerprint density at radius 1 is 1.06 bits per heavy atom. The lowest BCUT2D eigenvalue weighted by Gasteiger charge is -2.23. The number of nitrogens with zero attached hydrogens (tertiary/aromatic N) is 2. The van der Waals surface area contributed by atoms with Crippen LogP contribution in [0, 0.1) is 0 Å². The number of thiazole rings is 1. The van der Waals surface area contributed by atoms with E-state index in [0.29, 0.717) is 41.0 Å². The standard InChI is InChI=1S/C27H28N2O5S/c1-3-5-6-15-34-20-12-10-18(11-13-20)23-22(24(30)19-8-7-9-21(17-19)33-4-2)25(31)26(32)29(23)27-28-14-16-35-27/h7-14,16-17,23,30H,3-6,15H2,1-2H3/b24-22+. The van der Waals surface area contributed by atoms with Crippen molar-refractivity contribution >= 4 is 33.9 Å². The van der Waals surface area contributed by atoms with Crippen LogP contribution in [0.25, 0.3) is 5.76 Å². The Kier molecular flexibility index (Phi) is 7.82. The molecule has 1 fully saturated rings. The van der Waals surface area contributed by atoms with Gasteiger partial charge in [0.2, 0.25) is 0 Å². The van der Waals surface area contributed by atoms with E-state index in [9.17, 15) is 14.7 Å². The first-order valence-electron chi connectivity index (χ1n) is 11.7. The van der Waals surface area contributed by atoms with Gasteiger partial charge in [0.25, 0.3) is 5.78 Å². The van der Waals surface area contributed by atoms with Crippen molar-refractivity contribution in [3.63, 3.8) is 0 Å². The maximum Gasteiger partial charge on any atom is 0.301 e. The van der Waals surface area contributed by atoms with Crippen LogP contribution in [-0.2, 0) is 9.59 Å². The van der Waals surface area contributed by atoms with E-state index in [4.69, 9.17) is 9.47 Å². The summed E-state index contributed by atoms with van der Waals surface area (Å²) in [5, 5.41) is 13.4. The molecular weight excluding hydrogens is 464 g/mol. The van der Waals surface area contributed by atoms with E-state index in [2.05, 4.69) is 11.9 Å². The van der Waals surface area contributed by atoms with Crippen LogP contribution in [0.3, 0.4) is 0 Å². The third-order valence-electron chi connectivity index (χ3n) is 5.70. The zero-order chi connectivity index (χ0) is 24.8. The minimum absolute atomic E-state index is 0.00969. The van der Waals surface area contributed by atoms with Gasteiger partial charge in [-0.15, -0.1) is 11.3 Å². The van der Waals surface area contributed by atoms with Crippen molar-refractivity contribution in [2.75, 3.05) is 18.1 Å². The van der Waals surface area contributed by atoms with E-state index in [0.717, 1.165) is 19.3 Å². The van der Waals surface area contributed by atoms with Crippen LogP contribution in [0.15, 0.2) is 65.7 Å². The molecule has 0 bridgehead atoms. The highest BCUT2D eigenvalue weighted by Crippen LogP contribution is 2.43. The molecule has 2 heterocycles. The van der Waals surface area contributed by atoms with Crippen LogP contribution in [0.4, 0.5) is 5.13 Å². The summed E-state index contributed by atoms with van der Waals surface area (Å²) in [7, 11) is 0. The van der Waals surface area contributed by atoms with Gasteiger partial charge in [0, 0.05) is 17.1 Å². The SMILES string of the molecule is CCCCCOc1ccc(C2/C(=C(\O)c3cccc(OCC)c3)C(=O)C(=O)N2c2nccs2)cc1. The van der Waals surface area contributed by atoms with Crippen LogP contribution in [0.5, 0.6) is 11.5 Å². The topological polar surface area (TPSA) is 89.0 Å². The quantitative estimate of drug-likeness (QED) is 0.168. The van der Waals surface area contributed by atoms with Crippen LogP contribution >= 0.6 is 11.3 Å². The van der Waals surface area contributed by atoms with Gasteiger partial charge in [0.05, 0.1) is 24.8 Å². The number of aromatic nitrogens is 1. The molecule has 1 N–H and O–H groups in total. The van der Waals surface area contributed by atoms with E-state index < -0.39 is 17.7 Å². The first-order chi connectivity index (χ1) is 17.0. The minimum atomic E-state index is -0.828. The lowest BCUT2D eigenvalue weighted by atomic mass is 9.95. The highest BCUT2D eigenvalue weighted by molar-refractivity contribution is 7.14. The molecular formula is C27H28N2O5S. The molecule has 7 nitrogen and oxygen atoms in total. The van der Waals surface area contributed by atoms with Crippen LogP contribution in [-0.4, -0.2) is 35.0 Å². The highest BCUT2D eigenvalue weighted by atomic mass is 32.1. The summed E-state index contributed by atoms with van der Waals surface area (Å²) >= 11 is 1.25. The van der Waals surface area contributed by atoms with Gasteiger partial charge in [-0.3, -0.25) is 14.5 Å². The number of carbonyl (C=O) groups is 2. The summed E-state index contributed by atoms with van der Waals surface area (Å²) in [4.78, 5) is 31.9. The fourth-order valence-corrected chi connectivity index (χ4v) is 4.69. The van der Waals surface area contributed by atoms with E-state index >= 15 is 0 Å². The number of hydrogen-bond acceptors (Lipinski definition) is 7. The number of benzene rings is 2. The zero-order valence-electron chi connectivity index (χ0n) is 19.8. The summed E-state index contributed by atoms with van der Waals surface area (Å²) in [6.45, 7) is 5.09. The van der Waals surface area contributed by atoms with Gasteiger partial charge in [-0.25, -0.2) is 4.98 Å². The first kappa shape index (κ1) is 24.5. The van der Waals surface area contributed by atoms with Crippen molar-refractivity contribution in [2.45, 2.75) is 39.2 Å². The second-order valence-corrected chi connectivity index (χ2v) is 8.94. The number of hydrogen-bond donors (Lipinski definition) is 1. The second-order valence-electron chi connectivity index (χ2n) is 8.07. The molecule has 0 aliphatic carbocycles. The molecule has 1 unspecified atom stereocenters. The zero-order valence-corrected chi connectivity index (χ0v) is 20.6. The molecule has 0 spiro atoms. The number of Topliss-reactive ketones (excluding diaryl/α,β-unsaturated/α-hetero) is 1. The number of aliphatic hydroxyl groups is 1. The predicted molar refractivity (Wildman–Crippen MR) is 136 cm³/mol. The fourth-order valence-electron chi connectivity index (χ4n) is 4.02. The number of aliphatic hydroxyl groups excluding tert-OH is 1. The molecule has 8 heteroatoms. The van der Waals surface area contributed by atoms with E-state index in [1.165, 1.54) is 16.2 Å². The average molecular weight is 493 g/mol. The molecule has 2 aromatic carbocycles. The Balaban J connectivity index is 1.75. The van der Waals surface area contributed by atoms with Crippen molar-refractivity contribution in [1.82, 2.24) is 4.98 Å². The van der Waals surface area contributed by atoms with E-state index in [1.807, 2.05) is 31.2 Å². The molecule has 4 rings (SSSR count). The van der Waals surface area contributed by atoms with Crippen molar-refractivity contribution in [2.24, 2.45) is 0 Å². The summed E-state index contributed by atoms with van der Waals surface area (Å²) in [5.74, 6) is -0.474. The maximum absolute atomic E-state index is 13.2. The van der Waals surface area contributed by atoms with Crippen LogP contribution in [0.1, 0.15) is 50.3 Å². The van der Waals surface area contributed by atoms with E-state index in [-0.39, 0.29) is 11.3 Å². The molecule has 0 radical (unpaired) electrons. The maximum atomic E-state index is 13.2. The first-order valence-corrected chi connectivity index (χ1v) is 12.6. The molecule has 182 valence electrons. The Hall–Kier alpha value is -3.65. The third-order valence-corrected chi connectivity index (χ3v) is 6.47. The Morgan fingerprint density at radius 2 is 1.86 bits per heavy atom. The summed E-state index contributed by atoms with van der Waals surface area (Å²) in [6.07, 6.45) is 4.77. The summed E-state index contributed by atoms with van der Waals surface area (Å²) in [6, 6.07) is 13.3. The molecule has 1 aliphatic heterocycles. The van der Waals surface area contributed by atoms with Crippen LogP contribution in [0.2, 0.25) is 0 Å². The van der Waals surface area contributed by atoms with Crippen molar-refractivity contribution < 1.29 is 24.2 Å². The molecule has 3 aromatic rings. The number of amides is 1. The van der Waals surface area contributed by atoms with Gasteiger partial charge in [0.1, 0.15) is 17.3 Å². The largest absolute Gasteiger partial charge is 0.507 e. The molecule has 0 saturated carbocycles. The fraction of sp³-hybridized carbons (Fsp3) is 0.296. The number of ketones is 1. The van der Waals surface area contributed by atoms with Gasteiger partial charge >= 0.3 is 5.91 Å². The molecule has 1 saturated heterocycles. The number of rotatable bonds is 10. The lowest BCUT2D eigenvalue weighted by Crippen LogP contribution is -2.29. The molecule has 1 atom stereocenters. The number of ether oxygens (including phenoxy) is 2. The Bertz CT molecular complexity index is 1200. The molecule has 1 amide bonds. The van der Waals surface area contributed by atoms with Crippen molar-refractivity contribution in [1.29, 1.82) is 0 Å².